The van der Waals surface area contributed by atoms with Gasteiger partial charge in [-0.05, 0) is 77.8 Å². The zero-order valence-electron chi connectivity index (χ0n) is 17.4. The molecule has 32 heavy (non-hydrogen) atoms. The molecule has 0 saturated heterocycles. The molecular weight excluding hydrogens is 430 g/mol. The van der Waals surface area contributed by atoms with E-state index in [1.807, 2.05) is 24.3 Å². The van der Waals surface area contributed by atoms with Crippen molar-refractivity contribution in [3.8, 4) is 16.9 Å². The lowest BCUT2D eigenvalue weighted by Crippen LogP contribution is -2.19. The fourth-order valence-corrected chi connectivity index (χ4v) is 4.62. The predicted octanol–water partition coefficient (Wildman–Crippen LogP) is 8.51. The summed E-state index contributed by atoms with van der Waals surface area (Å²) in [6.07, 6.45) is 0.562. The van der Waals surface area contributed by atoms with Gasteiger partial charge in [0, 0.05) is 0 Å². The van der Waals surface area contributed by atoms with Gasteiger partial charge in [-0.3, -0.25) is 0 Å². The Hall–Kier alpha value is -2.70. The number of benzene rings is 3. The lowest BCUT2D eigenvalue weighted by Gasteiger charge is -2.28. The van der Waals surface area contributed by atoms with Gasteiger partial charge in [0.2, 0.25) is 5.75 Å². The second-order valence-corrected chi connectivity index (χ2v) is 8.35. The first-order chi connectivity index (χ1) is 15.2. The zero-order valence-corrected chi connectivity index (χ0v) is 17.4. The second-order valence-electron chi connectivity index (χ2n) is 8.35. The topological polar surface area (TPSA) is 9.23 Å². The van der Waals surface area contributed by atoms with E-state index in [4.69, 9.17) is 0 Å². The van der Waals surface area contributed by atoms with Gasteiger partial charge in [0.05, 0.1) is 5.39 Å². The van der Waals surface area contributed by atoms with E-state index < -0.39 is 34.9 Å². The maximum Gasteiger partial charge on any atom is 0.573 e. The minimum atomic E-state index is -5.30. The zero-order chi connectivity index (χ0) is 23.0. The monoisotopic (exact) mass is 452 g/mol. The second kappa shape index (κ2) is 8.68. The molecule has 0 amide bonds. The first-order valence-electron chi connectivity index (χ1n) is 10.6. The molecule has 0 spiro atoms. The SMILES string of the molecule is CC[C@H]1CC[C@H](c2ccc(-c3cc(F)c4c(F)c(OC(F)(F)F)c(F)cc4c3)cc2)CC1. The molecule has 1 fully saturated rings. The molecular formula is C25H22F6O. The predicted molar refractivity (Wildman–Crippen MR) is 111 cm³/mol. The molecule has 1 aliphatic carbocycles. The van der Waals surface area contributed by atoms with Gasteiger partial charge in [-0.15, -0.1) is 13.2 Å². The third-order valence-corrected chi connectivity index (χ3v) is 6.40. The van der Waals surface area contributed by atoms with Crippen LogP contribution in [0.1, 0.15) is 50.5 Å². The Balaban J connectivity index is 1.65. The third kappa shape index (κ3) is 4.57. The molecule has 0 radical (unpaired) electrons. The summed E-state index contributed by atoms with van der Waals surface area (Å²) >= 11 is 0. The summed E-state index contributed by atoms with van der Waals surface area (Å²) in [6.45, 7) is 2.21. The van der Waals surface area contributed by atoms with Gasteiger partial charge in [0.25, 0.3) is 0 Å². The molecule has 170 valence electrons. The van der Waals surface area contributed by atoms with Crippen molar-refractivity contribution in [2.75, 3.05) is 0 Å². The van der Waals surface area contributed by atoms with E-state index >= 15 is 0 Å². The molecule has 7 heteroatoms. The molecule has 4 rings (SSSR count). The number of fused-ring (bicyclic) bond motifs is 1. The van der Waals surface area contributed by atoms with E-state index in [2.05, 4.69) is 11.7 Å². The van der Waals surface area contributed by atoms with E-state index in [1.165, 1.54) is 30.9 Å². The summed E-state index contributed by atoms with van der Waals surface area (Å²) in [6, 6.07) is 10.6. The van der Waals surface area contributed by atoms with Crippen LogP contribution >= 0.6 is 0 Å². The summed E-state index contributed by atoms with van der Waals surface area (Å²) in [7, 11) is 0. The fourth-order valence-electron chi connectivity index (χ4n) is 4.62. The molecule has 3 aromatic rings. The van der Waals surface area contributed by atoms with E-state index in [9.17, 15) is 26.3 Å². The van der Waals surface area contributed by atoms with Gasteiger partial charge < -0.3 is 4.74 Å². The summed E-state index contributed by atoms with van der Waals surface area (Å²) < 4.78 is 84.0. The normalized spacial score (nSPS) is 19.3. The fraction of sp³-hybridized carbons (Fsp3) is 0.360. The van der Waals surface area contributed by atoms with Crippen LogP contribution in [-0.4, -0.2) is 6.36 Å². The van der Waals surface area contributed by atoms with Crippen molar-refractivity contribution < 1.29 is 31.1 Å². The first kappa shape index (κ1) is 22.5. The first-order valence-corrected chi connectivity index (χ1v) is 10.6. The molecule has 0 bridgehead atoms. The van der Waals surface area contributed by atoms with E-state index in [-0.39, 0.29) is 5.39 Å². The molecule has 0 unspecified atom stereocenters. The molecule has 0 heterocycles. The lowest BCUT2D eigenvalue weighted by atomic mass is 9.77. The molecule has 0 aromatic heterocycles. The highest BCUT2D eigenvalue weighted by molar-refractivity contribution is 5.89. The Labute approximate surface area is 182 Å². The van der Waals surface area contributed by atoms with Crippen LogP contribution in [0.15, 0.2) is 42.5 Å². The average molecular weight is 452 g/mol. The number of hydrogen-bond donors (Lipinski definition) is 0. The highest BCUT2D eigenvalue weighted by atomic mass is 19.4. The largest absolute Gasteiger partial charge is 0.573 e. The van der Waals surface area contributed by atoms with Crippen LogP contribution in [0.2, 0.25) is 0 Å². The van der Waals surface area contributed by atoms with Gasteiger partial charge in [0.15, 0.2) is 11.6 Å². The van der Waals surface area contributed by atoms with Crippen LogP contribution in [0.3, 0.4) is 0 Å². The van der Waals surface area contributed by atoms with Crippen molar-refractivity contribution in [2.24, 2.45) is 5.92 Å². The number of ether oxygens (including phenoxy) is 1. The van der Waals surface area contributed by atoms with Crippen molar-refractivity contribution >= 4 is 10.8 Å². The number of halogens is 6. The Bertz CT molecular complexity index is 1110. The van der Waals surface area contributed by atoms with Crippen LogP contribution < -0.4 is 4.74 Å². The van der Waals surface area contributed by atoms with Crippen molar-refractivity contribution in [2.45, 2.75) is 51.3 Å². The quantitative estimate of drug-likeness (QED) is 0.361. The lowest BCUT2D eigenvalue weighted by molar-refractivity contribution is -0.276. The highest BCUT2D eigenvalue weighted by Crippen LogP contribution is 2.39. The number of hydrogen-bond acceptors (Lipinski definition) is 1. The van der Waals surface area contributed by atoms with Crippen molar-refractivity contribution in [1.82, 2.24) is 0 Å². The van der Waals surface area contributed by atoms with Crippen LogP contribution in [0, 0.1) is 23.4 Å². The molecule has 1 saturated carbocycles. The Morgan fingerprint density at radius 1 is 0.844 bits per heavy atom. The summed E-state index contributed by atoms with van der Waals surface area (Å²) in [5.74, 6) is -4.77. The van der Waals surface area contributed by atoms with Crippen LogP contribution in [0.5, 0.6) is 5.75 Å². The highest BCUT2D eigenvalue weighted by Gasteiger charge is 2.35. The molecule has 0 aliphatic heterocycles. The van der Waals surface area contributed by atoms with Crippen LogP contribution in [0.25, 0.3) is 21.9 Å². The van der Waals surface area contributed by atoms with Gasteiger partial charge in [0.1, 0.15) is 5.82 Å². The van der Waals surface area contributed by atoms with Gasteiger partial charge in [-0.25, -0.2) is 13.2 Å². The summed E-state index contributed by atoms with van der Waals surface area (Å²) in [5, 5.41) is -0.940. The van der Waals surface area contributed by atoms with E-state index in [1.54, 1.807) is 0 Å². The number of rotatable bonds is 4. The molecule has 1 nitrogen and oxygen atoms in total. The maximum absolute atomic E-state index is 14.7. The van der Waals surface area contributed by atoms with Crippen molar-refractivity contribution in [3.05, 3.63) is 65.5 Å². The number of alkyl halides is 3. The molecule has 3 aromatic carbocycles. The van der Waals surface area contributed by atoms with Crippen LogP contribution in [-0.2, 0) is 0 Å². The van der Waals surface area contributed by atoms with E-state index in [0.29, 0.717) is 23.1 Å². The Kier molecular flexibility index (Phi) is 6.10. The standard InChI is InChI=1S/C25H22F6O/c1-2-14-3-5-15(6-4-14)16-7-9-17(10-8-16)18-11-19-13-21(27)24(32-25(29,30)31)23(28)22(19)20(26)12-18/h7-15H,2-6H2,1H3/t14-,15-. The smallest absolute Gasteiger partial charge is 0.399 e. The molecule has 0 atom stereocenters. The Morgan fingerprint density at radius 2 is 1.50 bits per heavy atom. The Morgan fingerprint density at radius 3 is 2.09 bits per heavy atom. The van der Waals surface area contributed by atoms with Crippen LogP contribution in [0.4, 0.5) is 26.3 Å². The minimum Gasteiger partial charge on any atom is -0.399 e. The van der Waals surface area contributed by atoms with Gasteiger partial charge in [-0.1, -0.05) is 37.6 Å². The summed E-state index contributed by atoms with van der Waals surface area (Å²) in [4.78, 5) is 0. The molecule has 0 N–H and O–H groups in total. The maximum atomic E-state index is 14.7. The van der Waals surface area contributed by atoms with Gasteiger partial charge in [-0.2, -0.15) is 0 Å². The molecule has 1 aliphatic rings. The van der Waals surface area contributed by atoms with Crippen molar-refractivity contribution in [1.29, 1.82) is 0 Å². The minimum absolute atomic E-state index is 0.188. The average Bonchev–Trinajstić information content (AvgIpc) is 2.75. The third-order valence-electron chi connectivity index (χ3n) is 6.40. The van der Waals surface area contributed by atoms with E-state index in [0.717, 1.165) is 24.8 Å². The van der Waals surface area contributed by atoms with Gasteiger partial charge >= 0.3 is 6.36 Å². The van der Waals surface area contributed by atoms with Crippen molar-refractivity contribution in [3.63, 3.8) is 0 Å². The summed E-state index contributed by atoms with van der Waals surface area (Å²) in [5.41, 5.74) is 2.23.